The maximum atomic E-state index is 13.3. The van der Waals surface area contributed by atoms with Crippen molar-refractivity contribution < 1.29 is 4.79 Å². The lowest BCUT2D eigenvalue weighted by Crippen LogP contribution is -2.37. The number of aromatic amines is 2. The first-order chi connectivity index (χ1) is 17.6. The van der Waals surface area contributed by atoms with E-state index in [1.807, 2.05) is 49.4 Å². The number of hydrogen-bond acceptors (Lipinski definition) is 6. The second-order valence-corrected chi connectivity index (χ2v) is 9.62. The predicted octanol–water partition coefficient (Wildman–Crippen LogP) is 3.73. The first kappa shape index (κ1) is 23.9. The first-order valence-corrected chi connectivity index (χ1v) is 12.6. The Balaban J connectivity index is 1.40. The molecule has 0 aliphatic heterocycles. The molecule has 9 heteroatoms. The molecule has 2 aromatic heterocycles. The van der Waals surface area contributed by atoms with Crippen molar-refractivity contribution in [3.05, 3.63) is 71.7 Å². The van der Waals surface area contributed by atoms with Crippen LogP contribution in [-0.4, -0.2) is 43.0 Å². The molecule has 2 aromatic carbocycles. The van der Waals surface area contributed by atoms with Gasteiger partial charge >= 0.3 is 0 Å². The molecule has 1 unspecified atom stereocenters. The summed E-state index contributed by atoms with van der Waals surface area (Å²) in [7, 11) is 0. The lowest BCUT2D eigenvalue weighted by atomic mass is 9.81. The highest BCUT2D eigenvalue weighted by Gasteiger charge is 2.29. The van der Waals surface area contributed by atoms with Gasteiger partial charge in [0, 0.05) is 22.7 Å². The van der Waals surface area contributed by atoms with Gasteiger partial charge in [-0.1, -0.05) is 48.5 Å². The van der Waals surface area contributed by atoms with Gasteiger partial charge in [0.15, 0.2) is 0 Å². The van der Waals surface area contributed by atoms with E-state index in [1.165, 1.54) is 0 Å². The van der Waals surface area contributed by atoms with E-state index in [0.29, 0.717) is 24.7 Å². The number of benzene rings is 2. The molecular weight excluding hydrogens is 452 g/mol. The number of nitrogens with two attached hydrogens (primary N) is 1. The minimum atomic E-state index is -0.264. The second kappa shape index (κ2) is 10.8. The van der Waals surface area contributed by atoms with E-state index in [1.54, 1.807) is 0 Å². The maximum absolute atomic E-state index is 13.3. The van der Waals surface area contributed by atoms with Gasteiger partial charge in [-0.05, 0) is 68.3 Å². The summed E-state index contributed by atoms with van der Waals surface area (Å²) in [4.78, 5) is 21.7. The molecule has 1 aliphatic rings. The third-order valence-corrected chi connectivity index (χ3v) is 7.12. The summed E-state index contributed by atoms with van der Waals surface area (Å²) in [6.45, 7) is 2.70. The Labute approximate surface area is 210 Å². The van der Waals surface area contributed by atoms with Gasteiger partial charge in [0.1, 0.15) is 5.82 Å². The molecule has 1 aliphatic carbocycles. The van der Waals surface area contributed by atoms with Crippen LogP contribution in [-0.2, 0) is 11.2 Å². The fourth-order valence-corrected chi connectivity index (χ4v) is 5.04. The number of carbonyl (C=O) groups is 1. The van der Waals surface area contributed by atoms with Gasteiger partial charge in [0.05, 0.1) is 11.7 Å². The number of nitrogens with one attached hydrogen (secondary N) is 3. The molecule has 0 saturated heterocycles. The zero-order chi connectivity index (χ0) is 24.9. The van der Waals surface area contributed by atoms with Crippen LogP contribution in [0.4, 0.5) is 0 Å². The number of tetrazole rings is 1. The molecule has 36 heavy (non-hydrogen) atoms. The summed E-state index contributed by atoms with van der Waals surface area (Å²) in [5.41, 5.74) is 10.6. The normalized spacial score (nSPS) is 18.6. The van der Waals surface area contributed by atoms with Gasteiger partial charge in [-0.15, -0.1) is 10.2 Å². The van der Waals surface area contributed by atoms with Crippen LogP contribution < -0.4 is 11.1 Å². The van der Waals surface area contributed by atoms with Crippen LogP contribution in [0, 0.1) is 18.8 Å². The number of hydrogen-bond donors (Lipinski definition) is 4. The van der Waals surface area contributed by atoms with E-state index >= 15 is 0 Å². The van der Waals surface area contributed by atoms with Crippen molar-refractivity contribution in [1.82, 2.24) is 35.9 Å². The summed E-state index contributed by atoms with van der Waals surface area (Å²) in [5.74, 6) is 1.94. The Morgan fingerprint density at radius 3 is 2.58 bits per heavy atom. The number of imidazole rings is 1. The number of aryl methyl sites for hydroxylation is 1. The minimum Gasteiger partial charge on any atom is -0.346 e. The SMILES string of the molecule is Cc1[nH]c(C(Cc2ccccc2)NC(=O)[C@H]2CC[C@H](CN)CC2)nc1-c1cccc(-c2nn[nH]n2)c1. The summed E-state index contributed by atoms with van der Waals surface area (Å²) in [5, 5.41) is 17.6. The molecule has 1 saturated carbocycles. The molecule has 0 spiro atoms. The molecule has 1 atom stereocenters. The van der Waals surface area contributed by atoms with Crippen molar-refractivity contribution >= 4 is 5.91 Å². The molecule has 9 nitrogen and oxygen atoms in total. The Morgan fingerprint density at radius 1 is 1.08 bits per heavy atom. The lowest BCUT2D eigenvalue weighted by molar-refractivity contribution is -0.127. The van der Waals surface area contributed by atoms with E-state index < -0.39 is 0 Å². The van der Waals surface area contributed by atoms with Crippen molar-refractivity contribution in [2.45, 2.75) is 45.1 Å². The third kappa shape index (κ3) is 5.36. The predicted molar refractivity (Wildman–Crippen MR) is 137 cm³/mol. The highest BCUT2D eigenvalue weighted by Crippen LogP contribution is 2.30. The number of rotatable bonds is 8. The summed E-state index contributed by atoms with van der Waals surface area (Å²) in [6, 6.07) is 17.8. The molecule has 5 N–H and O–H groups in total. The van der Waals surface area contributed by atoms with Crippen molar-refractivity contribution in [2.75, 3.05) is 6.54 Å². The Hall–Kier alpha value is -3.85. The first-order valence-electron chi connectivity index (χ1n) is 12.6. The molecule has 2 heterocycles. The zero-order valence-corrected chi connectivity index (χ0v) is 20.4. The van der Waals surface area contributed by atoms with Gasteiger partial charge in [-0.2, -0.15) is 5.21 Å². The smallest absolute Gasteiger partial charge is 0.223 e. The van der Waals surface area contributed by atoms with Crippen molar-refractivity contribution in [1.29, 1.82) is 0 Å². The molecular formula is C27H32N8O. The fraction of sp³-hybridized carbons (Fsp3) is 0.370. The molecule has 0 bridgehead atoms. The highest BCUT2D eigenvalue weighted by molar-refractivity contribution is 5.79. The van der Waals surface area contributed by atoms with Gasteiger partial charge in [0.2, 0.25) is 11.7 Å². The van der Waals surface area contributed by atoms with Gasteiger partial charge in [-0.3, -0.25) is 4.79 Å². The Kier molecular flexibility index (Phi) is 7.18. The van der Waals surface area contributed by atoms with Crippen molar-refractivity contribution in [2.24, 2.45) is 17.6 Å². The van der Waals surface area contributed by atoms with Crippen LogP contribution in [0.1, 0.15) is 48.8 Å². The third-order valence-electron chi connectivity index (χ3n) is 7.12. The molecule has 5 rings (SSSR count). The number of carbonyl (C=O) groups excluding carboxylic acids is 1. The van der Waals surface area contributed by atoms with Crippen molar-refractivity contribution in [3.8, 4) is 22.6 Å². The van der Waals surface area contributed by atoms with E-state index in [4.69, 9.17) is 10.7 Å². The van der Waals surface area contributed by atoms with Crippen LogP contribution in [0.25, 0.3) is 22.6 Å². The molecule has 0 radical (unpaired) electrons. The van der Waals surface area contributed by atoms with Crippen LogP contribution in [0.15, 0.2) is 54.6 Å². The van der Waals surface area contributed by atoms with E-state index in [9.17, 15) is 4.79 Å². The second-order valence-electron chi connectivity index (χ2n) is 9.62. The van der Waals surface area contributed by atoms with Crippen LogP contribution >= 0.6 is 0 Å². The summed E-state index contributed by atoms with van der Waals surface area (Å²) >= 11 is 0. The van der Waals surface area contributed by atoms with E-state index in [2.05, 4.69) is 43.1 Å². The number of nitrogens with zero attached hydrogens (tertiary/aromatic N) is 4. The maximum Gasteiger partial charge on any atom is 0.223 e. The quantitative estimate of drug-likeness (QED) is 0.301. The van der Waals surface area contributed by atoms with Crippen molar-refractivity contribution in [3.63, 3.8) is 0 Å². The van der Waals surface area contributed by atoms with Gasteiger partial charge < -0.3 is 16.0 Å². The summed E-state index contributed by atoms with van der Waals surface area (Å²) < 4.78 is 0. The average molecular weight is 485 g/mol. The van der Waals surface area contributed by atoms with Crippen LogP contribution in [0.5, 0.6) is 0 Å². The van der Waals surface area contributed by atoms with Crippen LogP contribution in [0.2, 0.25) is 0 Å². The Morgan fingerprint density at radius 2 is 1.86 bits per heavy atom. The fourth-order valence-electron chi connectivity index (χ4n) is 5.04. The Bertz CT molecular complexity index is 1280. The summed E-state index contributed by atoms with van der Waals surface area (Å²) in [6.07, 6.45) is 4.45. The number of aromatic nitrogens is 6. The molecule has 4 aromatic rings. The van der Waals surface area contributed by atoms with Crippen LogP contribution in [0.3, 0.4) is 0 Å². The lowest BCUT2D eigenvalue weighted by Gasteiger charge is -2.28. The topological polar surface area (TPSA) is 138 Å². The van der Waals surface area contributed by atoms with Gasteiger partial charge in [-0.25, -0.2) is 4.98 Å². The average Bonchev–Trinajstić information content (AvgIpc) is 3.59. The van der Waals surface area contributed by atoms with Gasteiger partial charge in [0.25, 0.3) is 0 Å². The number of amides is 1. The molecule has 1 amide bonds. The number of H-pyrrole nitrogens is 2. The minimum absolute atomic E-state index is 0.0215. The largest absolute Gasteiger partial charge is 0.346 e. The highest BCUT2D eigenvalue weighted by atomic mass is 16.2. The molecule has 186 valence electrons. The monoisotopic (exact) mass is 484 g/mol. The van der Waals surface area contributed by atoms with E-state index in [0.717, 1.165) is 59.6 Å². The molecule has 1 fully saturated rings. The standard InChI is InChI=1S/C27H32N8O/c1-17-24(21-8-5-9-22(15-21)25-32-34-35-33-25)31-26(29-17)23(14-18-6-3-2-4-7-18)30-27(36)20-12-10-19(16-28)11-13-20/h2-9,15,19-20,23H,10-14,16,28H2,1H3,(H,29,31)(H,30,36)(H,32,33,34,35)/t19-,20-,23?. The van der Waals surface area contributed by atoms with E-state index in [-0.39, 0.29) is 17.9 Å². The zero-order valence-electron chi connectivity index (χ0n) is 20.4.